The van der Waals surface area contributed by atoms with Gasteiger partial charge in [0.2, 0.25) is 0 Å². The molecule has 0 bridgehead atoms. The van der Waals surface area contributed by atoms with Crippen molar-refractivity contribution in [3.63, 3.8) is 0 Å². The maximum absolute atomic E-state index is 12.2. The van der Waals surface area contributed by atoms with E-state index in [-0.39, 0.29) is 28.8 Å². The van der Waals surface area contributed by atoms with Gasteiger partial charge in [0.1, 0.15) is 0 Å². The summed E-state index contributed by atoms with van der Waals surface area (Å²) in [6.45, 7) is 4.72. The molecule has 1 atom stereocenters. The number of hydrogen-bond donors (Lipinski definition) is 4. The number of phenolic OH excluding ortho intramolecular Hbond substituents is 1. The number of aromatic hydroxyl groups is 1. The van der Waals surface area contributed by atoms with Crippen molar-refractivity contribution in [3.8, 4) is 5.75 Å². The van der Waals surface area contributed by atoms with Crippen molar-refractivity contribution in [2.45, 2.75) is 13.3 Å². The topological polar surface area (TPSA) is 143 Å². The number of para-hydroxylation sites is 1. The van der Waals surface area contributed by atoms with Gasteiger partial charge in [0.15, 0.2) is 0 Å². The number of morpholine rings is 1. The van der Waals surface area contributed by atoms with Gasteiger partial charge in [0.25, 0.3) is 0 Å². The van der Waals surface area contributed by atoms with Gasteiger partial charge in [-0.05, 0) is 0 Å². The summed E-state index contributed by atoms with van der Waals surface area (Å²) < 4.78 is 36.3. The number of esters is 1. The van der Waals surface area contributed by atoms with Crippen molar-refractivity contribution in [1.29, 1.82) is 0 Å². The maximum atomic E-state index is 12.2. The average molecular weight is 448 g/mol. The fraction of sp³-hybridized carbons (Fsp3) is 0.500. The van der Waals surface area contributed by atoms with Crippen LogP contribution in [-0.4, -0.2) is 75.3 Å². The monoisotopic (exact) mass is 448 g/mol. The van der Waals surface area contributed by atoms with Crippen LogP contribution in [0.2, 0.25) is 0 Å². The Kier molecular flexibility index (Phi) is 10.1. The molecule has 1 heterocycles. The Labute approximate surface area is 160 Å². The summed E-state index contributed by atoms with van der Waals surface area (Å²) in [4.78, 5) is 22.0. The van der Waals surface area contributed by atoms with Gasteiger partial charge >= 0.3 is 123 Å². The molecule has 1 aromatic carbocycles. The van der Waals surface area contributed by atoms with E-state index in [4.69, 9.17) is 8.46 Å². The first-order chi connectivity index (χ1) is 12.8. The van der Waals surface area contributed by atoms with Gasteiger partial charge in [-0.3, -0.25) is 0 Å². The third-order valence-electron chi connectivity index (χ3n) is 3.27. The van der Waals surface area contributed by atoms with Gasteiger partial charge < -0.3 is 10.1 Å². The molecule has 0 aliphatic carbocycles. The first kappa shape index (κ1) is 23.2. The quantitative estimate of drug-likeness (QED) is 0.247. The van der Waals surface area contributed by atoms with E-state index in [9.17, 15) is 22.5 Å². The molecule has 1 aromatic rings. The van der Waals surface area contributed by atoms with E-state index in [1.165, 1.54) is 32.2 Å². The van der Waals surface area contributed by atoms with E-state index in [1.54, 1.807) is 0 Å². The van der Waals surface area contributed by atoms with Crippen LogP contribution < -0.4 is 15.0 Å². The van der Waals surface area contributed by atoms with Crippen molar-refractivity contribution in [2.75, 3.05) is 45.3 Å². The molecular weight excluding hydrogens is 423 g/mol. The van der Waals surface area contributed by atoms with Crippen LogP contribution in [0.1, 0.15) is 13.3 Å². The molecule has 0 aromatic heterocycles. The molecule has 1 amide bonds. The molecule has 2 rings (SSSR count). The van der Waals surface area contributed by atoms with Crippen molar-refractivity contribution in [2.24, 2.45) is 0 Å². The van der Waals surface area contributed by atoms with Gasteiger partial charge in [-0.2, -0.15) is 0 Å². The average Bonchev–Trinajstić information content (AvgIpc) is 2.64. The van der Waals surface area contributed by atoms with Gasteiger partial charge in [0.05, 0.1) is 13.2 Å². The second-order valence-electron chi connectivity index (χ2n) is 5.39. The Morgan fingerprint density at radius 3 is 2.48 bits per heavy atom. The Morgan fingerprint density at radius 1 is 1.33 bits per heavy atom. The molecule has 1 aliphatic heterocycles. The van der Waals surface area contributed by atoms with Crippen molar-refractivity contribution in [1.82, 2.24) is 5.32 Å². The van der Waals surface area contributed by atoms with Gasteiger partial charge in [-0.15, -0.1) is 0 Å². The molecule has 4 N–H and O–H groups in total. The van der Waals surface area contributed by atoms with E-state index in [0.29, 0.717) is 0 Å². The van der Waals surface area contributed by atoms with Crippen LogP contribution in [0, 0.1) is 0 Å². The molecule has 1 aliphatic rings. The summed E-state index contributed by atoms with van der Waals surface area (Å²) in [7, 11) is 1.19. The minimum atomic E-state index is -5.01. The third-order valence-corrected chi connectivity index (χ3v) is 6.45. The summed E-state index contributed by atoms with van der Waals surface area (Å²) in [5.74, 6) is -1.44. The zero-order valence-corrected chi connectivity index (χ0v) is 17.1. The fourth-order valence-corrected chi connectivity index (χ4v) is 4.54. The summed E-state index contributed by atoms with van der Waals surface area (Å²) in [6.07, 6.45) is -0.184. The second-order valence-corrected chi connectivity index (χ2v) is 9.13. The SMILES string of the molecule is C1COCCN1.COC(=O)CCO[As](=O)(O)c1cccc(O)c1NC(C)=O. The number of benzene rings is 1. The van der Waals surface area contributed by atoms with Gasteiger partial charge in [0, 0.05) is 13.1 Å². The number of methoxy groups -OCH3 is 1. The number of carbonyl (C=O) groups is 2. The number of nitrogens with one attached hydrogen (secondary N) is 2. The molecule has 10 nitrogen and oxygen atoms in total. The molecule has 27 heavy (non-hydrogen) atoms. The van der Waals surface area contributed by atoms with Gasteiger partial charge in [-0.1, -0.05) is 0 Å². The number of ether oxygens (including phenoxy) is 2. The predicted molar refractivity (Wildman–Crippen MR) is 97.0 cm³/mol. The van der Waals surface area contributed by atoms with Crippen molar-refractivity contribution in [3.05, 3.63) is 18.2 Å². The standard InChI is InChI=1S/C12H16AsNO7.C4H9NO/c1-8(15)14-12-9(4-3-5-10(12)16)13(18,19)21-7-6-11(17)20-2;1-3-6-4-2-5-1/h3-5,16H,6-7H2,1-2H3,(H,14,15)(H,18,19);5H,1-4H2. The molecule has 1 fully saturated rings. The number of amides is 1. The summed E-state index contributed by atoms with van der Waals surface area (Å²) in [5.41, 5.74) is -0.173. The molecule has 0 spiro atoms. The predicted octanol–water partition coefficient (Wildman–Crippen LogP) is -0.895. The van der Waals surface area contributed by atoms with Crippen LogP contribution >= 0.6 is 0 Å². The zero-order valence-electron chi connectivity index (χ0n) is 15.3. The van der Waals surface area contributed by atoms with Crippen LogP contribution in [-0.2, 0) is 26.5 Å². The Balaban J connectivity index is 0.000000511. The first-order valence-electron chi connectivity index (χ1n) is 8.20. The molecule has 152 valence electrons. The Morgan fingerprint density at radius 2 is 2.00 bits per heavy atom. The fourth-order valence-electron chi connectivity index (χ4n) is 2.01. The third kappa shape index (κ3) is 8.59. The molecule has 1 unspecified atom stereocenters. The summed E-state index contributed by atoms with van der Waals surface area (Å²) >= 11 is -5.01. The molecule has 11 heteroatoms. The minimum absolute atomic E-state index is 0.173. The second kappa shape index (κ2) is 11.8. The van der Waals surface area contributed by atoms with Crippen molar-refractivity contribution < 1.29 is 35.7 Å². The van der Waals surface area contributed by atoms with Crippen LogP contribution in [0.3, 0.4) is 0 Å². The van der Waals surface area contributed by atoms with E-state index >= 15 is 0 Å². The number of anilines is 1. The Bertz CT molecular complexity index is 667. The summed E-state index contributed by atoms with van der Waals surface area (Å²) in [5, 5.41) is 15.1. The molecular formula is C16H25AsN2O8. The first-order valence-corrected chi connectivity index (χ1v) is 11.5. The van der Waals surface area contributed by atoms with Crippen molar-refractivity contribution >= 4 is 36.1 Å². The van der Waals surface area contributed by atoms with E-state index in [1.807, 2.05) is 0 Å². The number of phenols is 1. The van der Waals surface area contributed by atoms with Crippen LogP contribution in [0.15, 0.2) is 18.2 Å². The molecule has 0 radical (unpaired) electrons. The number of rotatable bonds is 6. The summed E-state index contributed by atoms with van der Waals surface area (Å²) in [6, 6.07) is 3.88. The Hall–Kier alpha value is -1.84. The normalized spacial score (nSPS) is 15.7. The number of carbonyl (C=O) groups excluding carboxylic acids is 2. The zero-order chi connectivity index (χ0) is 20.3. The van der Waals surface area contributed by atoms with E-state index < -0.39 is 26.0 Å². The van der Waals surface area contributed by atoms with E-state index in [2.05, 4.69) is 15.4 Å². The van der Waals surface area contributed by atoms with Crippen LogP contribution in [0.25, 0.3) is 0 Å². The van der Waals surface area contributed by atoms with Gasteiger partial charge in [-0.25, -0.2) is 0 Å². The van der Waals surface area contributed by atoms with Crippen LogP contribution in [0.4, 0.5) is 5.69 Å². The molecule has 1 saturated heterocycles. The number of hydrogen-bond acceptors (Lipinski definition) is 8. The molecule has 0 saturated carbocycles. The van der Waals surface area contributed by atoms with Crippen LogP contribution in [0.5, 0.6) is 5.75 Å². The van der Waals surface area contributed by atoms with E-state index in [0.717, 1.165) is 26.3 Å².